The predicted molar refractivity (Wildman–Crippen MR) is 115 cm³/mol. The molecule has 0 radical (unpaired) electrons. The number of nitrogens with zero attached hydrogens (tertiary/aromatic N) is 2. The Morgan fingerprint density at radius 1 is 1.29 bits per heavy atom. The largest absolute Gasteiger partial charge is 0.457 e. The van der Waals surface area contributed by atoms with E-state index in [-0.39, 0.29) is 37.5 Å². The van der Waals surface area contributed by atoms with Crippen molar-refractivity contribution in [3.05, 3.63) is 63.4 Å². The Labute approximate surface area is 183 Å². The number of fused-ring (bicyclic) bond motifs is 5. The van der Waals surface area contributed by atoms with E-state index in [1.54, 1.807) is 17.6 Å². The highest BCUT2D eigenvalue weighted by atomic mass is 35.5. The van der Waals surface area contributed by atoms with Crippen molar-refractivity contribution < 1.29 is 19.1 Å². The first kappa shape index (κ1) is 21.0. The fourth-order valence-electron chi connectivity index (χ4n) is 4.32. The van der Waals surface area contributed by atoms with Crippen molar-refractivity contribution in [2.75, 3.05) is 6.54 Å². The fourth-order valence-corrected chi connectivity index (χ4v) is 4.32. The quantitative estimate of drug-likeness (QED) is 0.484. The van der Waals surface area contributed by atoms with Gasteiger partial charge >= 0.3 is 11.9 Å². The summed E-state index contributed by atoms with van der Waals surface area (Å²) in [6, 6.07) is 11.5. The smallest absolute Gasteiger partial charge is 0.355 e. The summed E-state index contributed by atoms with van der Waals surface area (Å²) >= 11 is 0. The third kappa shape index (κ3) is 2.94. The zero-order valence-electron chi connectivity index (χ0n) is 16.7. The van der Waals surface area contributed by atoms with Crippen LogP contribution in [0.15, 0.2) is 41.2 Å². The molecule has 8 nitrogen and oxygen atoms in total. The van der Waals surface area contributed by atoms with Gasteiger partial charge in [0.05, 0.1) is 35.6 Å². The van der Waals surface area contributed by atoms with Gasteiger partial charge < -0.3 is 19.8 Å². The molecule has 2 aromatic heterocycles. The molecule has 1 aromatic carbocycles. The second-order valence-corrected chi connectivity index (χ2v) is 7.44. The van der Waals surface area contributed by atoms with E-state index >= 15 is 0 Å². The van der Waals surface area contributed by atoms with E-state index in [9.17, 15) is 14.4 Å². The van der Waals surface area contributed by atoms with E-state index in [0.717, 1.165) is 16.5 Å². The van der Waals surface area contributed by atoms with Crippen LogP contribution in [0.1, 0.15) is 30.0 Å². The van der Waals surface area contributed by atoms with E-state index in [4.69, 9.17) is 20.2 Å². The lowest BCUT2D eigenvalue weighted by molar-refractivity contribution is -0.188. The van der Waals surface area contributed by atoms with Gasteiger partial charge in [0.2, 0.25) is 5.60 Å². The van der Waals surface area contributed by atoms with Crippen molar-refractivity contribution in [1.82, 2.24) is 9.55 Å². The molecule has 2 N–H and O–H groups in total. The van der Waals surface area contributed by atoms with Gasteiger partial charge in [0.25, 0.3) is 5.56 Å². The number of carbonyl (C=O) groups excluding carboxylic acids is 2. The van der Waals surface area contributed by atoms with Gasteiger partial charge in [-0.3, -0.25) is 9.59 Å². The van der Waals surface area contributed by atoms with Crippen molar-refractivity contribution in [2.24, 2.45) is 5.73 Å². The summed E-state index contributed by atoms with van der Waals surface area (Å²) in [5.74, 6) is -1.44. The maximum atomic E-state index is 13.3. The molecule has 0 fully saturated rings. The molecule has 0 saturated heterocycles. The highest BCUT2D eigenvalue weighted by Gasteiger charge is 2.50. The van der Waals surface area contributed by atoms with Gasteiger partial charge in [-0.1, -0.05) is 25.1 Å². The molecule has 3 aromatic rings. The molecule has 31 heavy (non-hydrogen) atoms. The zero-order chi connectivity index (χ0) is 21.0. The third-order valence-corrected chi connectivity index (χ3v) is 5.84. The molecule has 9 heteroatoms. The Balaban J connectivity index is 0.00000231. The van der Waals surface area contributed by atoms with Crippen molar-refractivity contribution in [3.63, 3.8) is 0 Å². The maximum absolute atomic E-state index is 13.3. The monoisotopic (exact) mass is 441 g/mol. The summed E-state index contributed by atoms with van der Waals surface area (Å²) in [5.41, 5.74) is 7.09. The second kappa shape index (κ2) is 7.47. The van der Waals surface area contributed by atoms with E-state index in [0.29, 0.717) is 29.1 Å². The first-order chi connectivity index (χ1) is 14.5. The number of carbonyl (C=O) groups is 2. The number of rotatable bonds is 3. The van der Waals surface area contributed by atoms with Crippen LogP contribution in [-0.4, -0.2) is 28.0 Å². The molecule has 1 atom stereocenters. The van der Waals surface area contributed by atoms with E-state index in [1.165, 1.54) is 0 Å². The predicted octanol–water partition coefficient (Wildman–Crippen LogP) is 2.01. The number of cyclic esters (lactones) is 1. The van der Waals surface area contributed by atoms with Crippen LogP contribution in [0.5, 0.6) is 0 Å². The van der Waals surface area contributed by atoms with Crippen LogP contribution in [0.3, 0.4) is 0 Å². The van der Waals surface area contributed by atoms with E-state index in [1.807, 2.05) is 30.3 Å². The number of pyridine rings is 2. The molecule has 160 valence electrons. The number of halogens is 1. The van der Waals surface area contributed by atoms with Gasteiger partial charge in [0.1, 0.15) is 6.61 Å². The highest BCUT2D eigenvalue weighted by molar-refractivity contribution is 5.88. The molecule has 2 aliphatic heterocycles. The molecule has 0 spiro atoms. The molecule has 0 aliphatic carbocycles. The van der Waals surface area contributed by atoms with Crippen molar-refractivity contribution in [3.8, 4) is 11.4 Å². The molecule has 2 aliphatic rings. The number of hydrogen-bond acceptors (Lipinski definition) is 7. The van der Waals surface area contributed by atoms with Gasteiger partial charge in [-0.15, -0.1) is 12.4 Å². The molecule has 0 saturated carbocycles. The molecular weight excluding hydrogens is 422 g/mol. The number of para-hydroxylation sites is 1. The Kier molecular flexibility index (Phi) is 5.07. The van der Waals surface area contributed by atoms with Crippen LogP contribution in [0.2, 0.25) is 0 Å². The second-order valence-electron chi connectivity index (χ2n) is 7.44. The van der Waals surface area contributed by atoms with Crippen LogP contribution in [0.25, 0.3) is 22.3 Å². The van der Waals surface area contributed by atoms with E-state index in [2.05, 4.69) is 0 Å². The van der Waals surface area contributed by atoms with E-state index < -0.39 is 17.5 Å². The number of ether oxygens (including phenoxy) is 2. The molecule has 0 bridgehead atoms. The Morgan fingerprint density at radius 3 is 2.81 bits per heavy atom. The van der Waals surface area contributed by atoms with Crippen molar-refractivity contribution in [1.29, 1.82) is 0 Å². The van der Waals surface area contributed by atoms with Gasteiger partial charge in [0.15, 0.2) is 0 Å². The number of hydrogen-bond donors (Lipinski definition) is 1. The number of benzene rings is 1. The van der Waals surface area contributed by atoms with Gasteiger partial charge in [-0.2, -0.15) is 0 Å². The summed E-state index contributed by atoms with van der Waals surface area (Å²) in [6.07, 6.45) is 0.117. The Bertz CT molecular complexity index is 1300. The molecule has 0 amide bonds. The lowest BCUT2D eigenvalue weighted by atomic mass is 9.85. The van der Waals surface area contributed by atoms with Gasteiger partial charge in [-0.25, -0.2) is 9.78 Å². The van der Waals surface area contributed by atoms with Crippen LogP contribution in [-0.2, 0) is 37.8 Å². The lowest BCUT2D eigenvalue weighted by Crippen LogP contribution is -2.48. The number of aromatic nitrogens is 2. The van der Waals surface area contributed by atoms with Gasteiger partial charge in [0, 0.05) is 16.5 Å². The van der Waals surface area contributed by atoms with Gasteiger partial charge in [-0.05, 0) is 24.6 Å². The van der Waals surface area contributed by atoms with Crippen LogP contribution < -0.4 is 11.3 Å². The summed E-state index contributed by atoms with van der Waals surface area (Å²) in [6.45, 7) is 1.53. The first-order valence-corrected chi connectivity index (χ1v) is 9.74. The minimum atomic E-state index is -1.70. The molecular formula is C22H20ClN3O5. The Hall–Kier alpha value is -3.23. The summed E-state index contributed by atoms with van der Waals surface area (Å²) in [4.78, 5) is 42.8. The first-order valence-electron chi connectivity index (χ1n) is 9.74. The standard InChI is InChI=1S/C22H19N3O5.ClH/c1-2-22(30-18(26)9-23)15-8-17-19-13(7-12-5-3-4-6-16(12)24-19)10-25(17)20(27)14(15)11-29-21(22)28;/h3-8H,2,9-11,23H2,1H3;1H. The van der Waals surface area contributed by atoms with Crippen LogP contribution in [0.4, 0.5) is 0 Å². The SMILES string of the molecule is CCC1(OC(=O)CN)C(=O)OCc2c1cc1n(c2=O)Cc2cc3ccccc3nc2-1.Cl. The minimum absolute atomic E-state index is 0. The highest BCUT2D eigenvalue weighted by Crippen LogP contribution is 2.40. The maximum Gasteiger partial charge on any atom is 0.355 e. The normalized spacial score (nSPS) is 18.5. The summed E-state index contributed by atoms with van der Waals surface area (Å²) in [7, 11) is 0. The topological polar surface area (TPSA) is 114 Å². The van der Waals surface area contributed by atoms with Crippen LogP contribution >= 0.6 is 12.4 Å². The molecule has 1 unspecified atom stereocenters. The average molecular weight is 442 g/mol. The zero-order valence-corrected chi connectivity index (χ0v) is 17.5. The van der Waals surface area contributed by atoms with Crippen molar-refractivity contribution >= 4 is 35.2 Å². The number of nitrogens with two attached hydrogens (primary N) is 1. The molecule has 4 heterocycles. The van der Waals surface area contributed by atoms with Crippen LogP contribution in [0, 0.1) is 0 Å². The van der Waals surface area contributed by atoms with Crippen molar-refractivity contribution in [2.45, 2.75) is 32.1 Å². The number of esters is 2. The summed E-state index contributed by atoms with van der Waals surface area (Å²) < 4.78 is 12.4. The minimum Gasteiger partial charge on any atom is -0.457 e. The lowest BCUT2D eigenvalue weighted by Gasteiger charge is -2.35. The fraction of sp³-hybridized carbons (Fsp3) is 0.273. The molecule has 5 rings (SSSR count). The average Bonchev–Trinajstić information content (AvgIpc) is 3.12. The summed E-state index contributed by atoms with van der Waals surface area (Å²) in [5, 5.41) is 0.986. The third-order valence-electron chi connectivity index (χ3n) is 5.84. The Morgan fingerprint density at radius 2 is 2.06 bits per heavy atom.